The fourth-order valence-corrected chi connectivity index (χ4v) is 6.30. The summed E-state index contributed by atoms with van der Waals surface area (Å²) in [7, 11) is 0. The van der Waals surface area contributed by atoms with E-state index in [1.807, 2.05) is 44.2 Å². The van der Waals surface area contributed by atoms with Crippen molar-refractivity contribution in [3.63, 3.8) is 0 Å². The minimum Gasteiger partial charge on any atom is -0.489 e. The van der Waals surface area contributed by atoms with Crippen LogP contribution in [0.1, 0.15) is 117 Å². The van der Waals surface area contributed by atoms with Gasteiger partial charge in [0.05, 0.1) is 18.8 Å². The summed E-state index contributed by atoms with van der Waals surface area (Å²) in [5.41, 5.74) is 5.68. The van der Waals surface area contributed by atoms with Gasteiger partial charge < -0.3 is 14.2 Å². The van der Waals surface area contributed by atoms with Gasteiger partial charge in [-0.25, -0.2) is 4.79 Å². The van der Waals surface area contributed by atoms with Gasteiger partial charge in [-0.1, -0.05) is 86.7 Å². The van der Waals surface area contributed by atoms with Crippen molar-refractivity contribution in [1.82, 2.24) is 0 Å². The average molecular weight is 599 g/mol. The third-order valence-electron chi connectivity index (χ3n) is 8.78. The molecule has 1 fully saturated rings. The second-order valence-corrected chi connectivity index (χ2v) is 12.0. The molecule has 5 heteroatoms. The van der Waals surface area contributed by atoms with Gasteiger partial charge in [0.25, 0.3) is 0 Å². The maximum Gasteiger partial charge on any atom is 0.338 e. The van der Waals surface area contributed by atoms with Gasteiger partial charge in [-0.2, -0.15) is 0 Å². The Morgan fingerprint density at radius 1 is 0.773 bits per heavy atom. The Balaban J connectivity index is 1.35. The minimum atomic E-state index is -0.286. The molecule has 0 bridgehead atoms. The minimum absolute atomic E-state index is 0.117. The van der Waals surface area contributed by atoms with E-state index in [-0.39, 0.29) is 11.9 Å². The molecule has 3 aromatic carbocycles. The second kappa shape index (κ2) is 18.3. The molecule has 0 spiro atoms. The molecule has 3 aromatic rings. The highest BCUT2D eigenvalue weighted by molar-refractivity contribution is 5.89. The lowest BCUT2D eigenvalue weighted by atomic mass is 9.84. The van der Waals surface area contributed by atoms with E-state index in [1.165, 1.54) is 54.4 Å². The first kappa shape index (κ1) is 33.3. The van der Waals surface area contributed by atoms with Crippen LogP contribution in [0.3, 0.4) is 0 Å². The van der Waals surface area contributed by atoms with E-state index in [0.29, 0.717) is 43.6 Å². The summed E-state index contributed by atoms with van der Waals surface area (Å²) in [5, 5.41) is 0. The quantitative estimate of drug-likeness (QED) is 0.114. The summed E-state index contributed by atoms with van der Waals surface area (Å²) >= 11 is 0. The van der Waals surface area contributed by atoms with E-state index in [4.69, 9.17) is 14.2 Å². The number of carbonyl (C=O) groups excluding carboxylic acids is 2. The molecule has 1 atom stereocenters. The van der Waals surface area contributed by atoms with E-state index < -0.39 is 0 Å². The van der Waals surface area contributed by atoms with Gasteiger partial charge in [0.2, 0.25) is 0 Å². The number of carbonyl (C=O) groups is 2. The van der Waals surface area contributed by atoms with E-state index in [2.05, 4.69) is 42.5 Å². The van der Waals surface area contributed by atoms with Gasteiger partial charge in [0.15, 0.2) is 0 Å². The Morgan fingerprint density at radius 3 is 2.20 bits per heavy atom. The van der Waals surface area contributed by atoms with Crippen molar-refractivity contribution in [2.24, 2.45) is 5.92 Å². The lowest BCUT2D eigenvalue weighted by molar-refractivity contribution is -0.143. The van der Waals surface area contributed by atoms with Crippen LogP contribution in [0.25, 0.3) is 0 Å². The zero-order chi connectivity index (χ0) is 31.0. The topological polar surface area (TPSA) is 61.8 Å². The molecule has 0 aliphatic heterocycles. The third-order valence-corrected chi connectivity index (χ3v) is 8.78. The van der Waals surface area contributed by atoms with Crippen LogP contribution in [-0.4, -0.2) is 25.2 Å². The molecule has 4 rings (SSSR count). The van der Waals surface area contributed by atoms with Gasteiger partial charge in [-0.3, -0.25) is 4.79 Å². The van der Waals surface area contributed by atoms with Crippen LogP contribution in [0.15, 0.2) is 72.8 Å². The summed E-state index contributed by atoms with van der Waals surface area (Å²) in [6.45, 7) is 5.02. The molecule has 0 amide bonds. The zero-order valence-electron chi connectivity index (χ0n) is 26.7. The van der Waals surface area contributed by atoms with Crippen molar-refractivity contribution in [2.75, 3.05) is 13.2 Å². The monoisotopic (exact) mass is 598 g/mol. The number of unbranched alkanes of at least 4 members (excludes halogenated alkanes) is 1. The van der Waals surface area contributed by atoms with Crippen molar-refractivity contribution in [3.05, 3.63) is 101 Å². The van der Waals surface area contributed by atoms with Crippen LogP contribution in [0, 0.1) is 5.92 Å². The van der Waals surface area contributed by atoms with Gasteiger partial charge >= 0.3 is 11.9 Å². The van der Waals surface area contributed by atoms with E-state index in [9.17, 15) is 9.59 Å². The van der Waals surface area contributed by atoms with Gasteiger partial charge in [-0.05, 0) is 105 Å². The fraction of sp³-hybridized carbons (Fsp3) is 0.487. The smallest absolute Gasteiger partial charge is 0.338 e. The molecule has 0 aromatic heterocycles. The number of benzene rings is 3. The second-order valence-electron chi connectivity index (χ2n) is 12.0. The van der Waals surface area contributed by atoms with Crippen LogP contribution >= 0.6 is 0 Å². The number of esters is 2. The van der Waals surface area contributed by atoms with Gasteiger partial charge in [-0.15, -0.1) is 0 Å². The first-order valence-electron chi connectivity index (χ1n) is 16.8. The molecule has 5 nitrogen and oxygen atoms in total. The standard InChI is InChI=1S/C39H50O5/c1-3-42-38(40)17-11-8-12-30(28-31-19-26-36(27-20-31)39(41)43-4-2)18-25-35-15-9-10-16-37(35)44-29-32-21-23-34(24-22-32)33-13-6-5-7-14-33/h9-10,15-16,19-24,26-27,30,33H,3-8,11-14,17-18,25,28-29H2,1-2H3. The Kier molecular flexibility index (Phi) is 13.8. The molecule has 1 aliphatic rings. The van der Waals surface area contributed by atoms with Crippen molar-refractivity contribution < 1.29 is 23.8 Å². The maximum atomic E-state index is 12.1. The highest BCUT2D eigenvalue weighted by Gasteiger charge is 2.16. The Labute approximate surface area is 264 Å². The Hall–Kier alpha value is -3.60. The van der Waals surface area contributed by atoms with Gasteiger partial charge in [0.1, 0.15) is 12.4 Å². The highest BCUT2D eigenvalue weighted by atomic mass is 16.5. The summed E-state index contributed by atoms with van der Waals surface area (Å²) in [6.07, 6.45) is 12.8. The first-order valence-corrected chi connectivity index (χ1v) is 16.8. The first-order chi connectivity index (χ1) is 21.6. The van der Waals surface area contributed by atoms with Crippen LogP contribution in [-0.2, 0) is 33.7 Å². The van der Waals surface area contributed by atoms with Crippen LogP contribution in [0.2, 0.25) is 0 Å². The maximum absolute atomic E-state index is 12.1. The van der Waals surface area contributed by atoms with Crippen LogP contribution < -0.4 is 4.74 Å². The lowest BCUT2D eigenvalue weighted by Crippen LogP contribution is -2.09. The van der Waals surface area contributed by atoms with Crippen molar-refractivity contribution >= 4 is 11.9 Å². The summed E-state index contributed by atoms with van der Waals surface area (Å²) in [6, 6.07) is 25.2. The summed E-state index contributed by atoms with van der Waals surface area (Å²) < 4.78 is 16.6. The molecular formula is C39H50O5. The van der Waals surface area contributed by atoms with E-state index in [1.54, 1.807) is 0 Å². The summed E-state index contributed by atoms with van der Waals surface area (Å²) in [4.78, 5) is 23.9. The lowest BCUT2D eigenvalue weighted by Gasteiger charge is -2.22. The predicted molar refractivity (Wildman–Crippen MR) is 176 cm³/mol. The molecule has 1 saturated carbocycles. The number of hydrogen-bond acceptors (Lipinski definition) is 5. The van der Waals surface area contributed by atoms with E-state index >= 15 is 0 Å². The molecule has 0 N–H and O–H groups in total. The SMILES string of the molecule is CCOC(=O)CCCCC(CCc1ccccc1OCc1ccc(C2CCCCC2)cc1)Cc1ccc(C(=O)OCC)cc1. The molecular weight excluding hydrogens is 548 g/mol. The van der Waals surface area contributed by atoms with Crippen molar-refractivity contribution in [1.29, 1.82) is 0 Å². The summed E-state index contributed by atoms with van der Waals surface area (Å²) in [5.74, 6) is 1.70. The molecule has 1 unspecified atom stereocenters. The Morgan fingerprint density at radius 2 is 1.48 bits per heavy atom. The molecule has 0 saturated heterocycles. The van der Waals surface area contributed by atoms with Gasteiger partial charge in [0, 0.05) is 6.42 Å². The average Bonchev–Trinajstić information content (AvgIpc) is 3.06. The van der Waals surface area contributed by atoms with E-state index in [0.717, 1.165) is 44.3 Å². The van der Waals surface area contributed by atoms with Crippen LogP contribution in [0.5, 0.6) is 5.75 Å². The van der Waals surface area contributed by atoms with Crippen molar-refractivity contribution in [3.8, 4) is 5.75 Å². The molecule has 44 heavy (non-hydrogen) atoms. The number of hydrogen-bond donors (Lipinski definition) is 0. The van der Waals surface area contributed by atoms with Crippen LogP contribution in [0.4, 0.5) is 0 Å². The number of rotatable bonds is 17. The Bertz CT molecular complexity index is 1270. The number of aryl methyl sites for hydroxylation is 1. The number of ether oxygens (including phenoxy) is 3. The molecule has 1 aliphatic carbocycles. The number of para-hydroxylation sites is 1. The molecule has 0 radical (unpaired) electrons. The van der Waals surface area contributed by atoms with Crippen molar-refractivity contribution in [2.45, 2.75) is 103 Å². The predicted octanol–water partition coefficient (Wildman–Crippen LogP) is 9.40. The third kappa shape index (κ3) is 10.8. The molecule has 0 heterocycles. The normalized spacial score (nSPS) is 14.1. The zero-order valence-corrected chi connectivity index (χ0v) is 26.7. The molecule has 236 valence electrons. The highest BCUT2D eigenvalue weighted by Crippen LogP contribution is 2.33. The largest absolute Gasteiger partial charge is 0.489 e. The fourth-order valence-electron chi connectivity index (χ4n) is 6.30.